The molecule has 2 rings (SSSR count). The van der Waals surface area contributed by atoms with Gasteiger partial charge in [-0.05, 0) is 54.8 Å². The smallest absolute Gasteiger partial charge is 0.0290 e. The summed E-state index contributed by atoms with van der Waals surface area (Å²) < 4.78 is 0. The largest absolute Gasteiger partial charge is 0.0649 e. The summed E-state index contributed by atoms with van der Waals surface area (Å²) in [6, 6.07) is 0. The first-order valence-electron chi connectivity index (χ1n) is 7.47. The summed E-state index contributed by atoms with van der Waals surface area (Å²) in [4.78, 5) is 0. The molecular weight excluding hydrogens is 192 g/mol. The maximum Gasteiger partial charge on any atom is -0.0290 e. The van der Waals surface area contributed by atoms with Gasteiger partial charge in [0, 0.05) is 0 Å². The molecule has 0 heterocycles. The van der Waals surface area contributed by atoms with Crippen LogP contribution in [0.4, 0.5) is 0 Å². The lowest BCUT2D eigenvalue weighted by atomic mass is 9.52. The molecule has 0 saturated heterocycles. The van der Waals surface area contributed by atoms with Crippen molar-refractivity contribution in [3.05, 3.63) is 0 Å². The Kier molecular flexibility index (Phi) is 3.39. The normalized spacial score (nSPS) is 43.7. The molecule has 94 valence electrons. The van der Waals surface area contributed by atoms with Crippen LogP contribution in [0.5, 0.6) is 0 Å². The summed E-state index contributed by atoms with van der Waals surface area (Å²) in [5.74, 6) is 1.94. The van der Waals surface area contributed by atoms with Gasteiger partial charge in [-0.3, -0.25) is 0 Å². The van der Waals surface area contributed by atoms with E-state index in [4.69, 9.17) is 0 Å². The van der Waals surface area contributed by atoms with Crippen LogP contribution in [0.2, 0.25) is 0 Å². The monoisotopic (exact) mass is 222 g/mol. The van der Waals surface area contributed by atoms with Gasteiger partial charge in [0.05, 0.1) is 0 Å². The van der Waals surface area contributed by atoms with E-state index in [1.807, 2.05) is 0 Å². The molecular formula is C16H30. The maximum absolute atomic E-state index is 2.57. The molecule has 2 bridgehead atoms. The van der Waals surface area contributed by atoms with E-state index in [9.17, 15) is 0 Å². The second-order valence-electron chi connectivity index (χ2n) is 7.61. The third kappa shape index (κ3) is 2.46. The third-order valence-corrected chi connectivity index (χ3v) is 5.29. The van der Waals surface area contributed by atoms with Crippen molar-refractivity contribution in [3.8, 4) is 0 Å². The van der Waals surface area contributed by atoms with Crippen LogP contribution in [-0.2, 0) is 0 Å². The van der Waals surface area contributed by atoms with Crippen molar-refractivity contribution in [2.75, 3.05) is 0 Å². The molecule has 0 heteroatoms. The lowest BCUT2D eigenvalue weighted by molar-refractivity contribution is -0.0205. The Morgan fingerprint density at radius 2 is 2.00 bits per heavy atom. The molecule has 0 aromatic carbocycles. The van der Waals surface area contributed by atoms with Crippen LogP contribution in [0.3, 0.4) is 0 Å². The van der Waals surface area contributed by atoms with Crippen LogP contribution in [-0.4, -0.2) is 0 Å². The summed E-state index contributed by atoms with van der Waals surface area (Å²) in [5.41, 5.74) is 1.40. The van der Waals surface area contributed by atoms with Gasteiger partial charge in [-0.1, -0.05) is 47.0 Å². The topological polar surface area (TPSA) is 0 Å². The lowest BCUT2D eigenvalue weighted by Gasteiger charge is -2.53. The van der Waals surface area contributed by atoms with Crippen molar-refractivity contribution < 1.29 is 0 Å². The summed E-state index contributed by atoms with van der Waals surface area (Å²) in [6.07, 6.45) is 12.0. The van der Waals surface area contributed by atoms with E-state index in [1.165, 1.54) is 51.4 Å². The minimum Gasteiger partial charge on any atom is -0.0649 e. The van der Waals surface area contributed by atoms with E-state index in [1.54, 1.807) is 0 Å². The highest BCUT2D eigenvalue weighted by Crippen LogP contribution is 2.58. The van der Waals surface area contributed by atoms with Crippen LogP contribution < -0.4 is 0 Å². The number of hydrogen-bond donors (Lipinski definition) is 0. The van der Waals surface area contributed by atoms with Gasteiger partial charge in [0.2, 0.25) is 0 Å². The first kappa shape index (κ1) is 12.5. The van der Waals surface area contributed by atoms with Crippen molar-refractivity contribution in [1.82, 2.24) is 0 Å². The molecule has 0 aromatic heterocycles. The molecule has 0 amide bonds. The first-order chi connectivity index (χ1) is 7.47. The van der Waals surface area contributed by atoms with Crippen molar-refractivity contribution in [2.24, 2.45) is 22.7 Å². The van der Waals surface area contributed by atoms with Gasteiger partial charge in [0.25, 0.3) is 0 Å². The third-order valence-electron chi connectivity index (χ3n) is 5.29. The minimum atomic E-state index is 0.700. The van der Waals surface area contributed by atoms with Gasteiger partial charge in [-0.2, -0.15) is 0 Å². The number of rotatable bonds is 3. The molecule has 0 spiro atoms. The Labute approximate surface area is 102 Å². The zero-order chi connectivity index (χ0) is 11.8. The van der Waals surface area contributed by atoms with Gasteiger partial charge >= 0.3 is 0 Å². The fourth-order valence-corrected chi connectivity index (χ4v) is 5.08. The van der Waals surface area contributed by atoms with Crippen LogP contribution in [0.25, 0.3) is 0 Å². The molecule has 2 fully saturated rings. The van der Waals surface area contributed by atoms with E-state index in [2.05, 4.69) is 27.7 Å². The molecule has 16 heavy (non-hydrogen) atoms. The predicted molar refractivity (Wildman–Crippen MR) is 71.5 cm³/mol. The quantitative estimate of drug-likeness (QED) is 0.598. The Morgan fingerprint density at radius 1 is 1.25 bits per heavy atom. The summed E-state index contributed by atoms with van der Waals surface area (Å²) in [6.45, 7) is 9.82. The standard InChI is InChI=1S/C16H30/c1-5-16(9-13(2)3)11-14-7-6-8-15(4,10-14)12-16/h13-14H,5-12H2,1-4H3. The molecule has 0 nitrogen and oxygen atoms in total. The second-order valence-corrected chi connectivity index (χ2v) is 7.61. The van der Waals surface area contributed by atoms with E-state index in [0.717, 1.165) is 11.8 Å². The minimum absolute atomic E-state index is 0.700. The highest BCUT2D eigenvalue weighted by atomic mass is 14.5. The van der Waals surface area contributed by atoms with Gasteiger partial charge in [-0.25, -0.2) is 0 Å². The molecule has 0 N–H and O–H groups in total. The molecule has 2 aliphatic rings. The average molecular weight is 222 g/mol. The second kappa shape index (κ2) is 4.35. The highest BCUT2D eigenvalue weighted by Gasteiger charge is 2.46. The molecule has 2 aliphatic carbocycles. The van der Waals surface area contributed by atoms with Gasteiger partial charge in [0.1, 0.15) is 0 Å². The fraction of sp³-hybridized carbons (Fsp3) is 1.00. The zero-order valence-electron chi connectivity index (χ0n) is 11.8. The first-order valence-corrected chi connectivity index (χ1v) is 7.47. The molecule has 0 aliphatic heterocycles. The Morgan fingerprint density at radius 3 is 2.56 bits per heavy atom. The molecule has 3 atom stereocenters. The Hall–Kier alpha value is 0. The highest BCUT2D eigenvalue weighted by molar-refractivity contribution is 4.97. The van der Waals surface area contributed by atoms with Crippen molar-refractivity contribution in [2.45, 2.75) is 79.1 Å². The van der Waals surface area contributed by atoms with Crippen molar-refractivity contribution >= 4 is 0 Å². The molecule has 2 saturated carbocycles. The zero-order valence-corrected chi connectivity index (χ0v) is 11.8. The van der Waals surface area contributed by atoms with Crippen molar-refractivity contribution in [1.29, 1.82) is 0 Å². The fourth-order valence-electron chi connectivity index (χ4n) is 5.08. The summed E-state index contributed by atoms with van der Waals surface area (Å²) >= 11 is 0. The van der Waals surface area contributed by atoms with E-state index in [0.29, 0.717) is 10.8 Å². The summed E-state index contributed by atoms with van der Waals surface area (Å²) in [5, 5.41) is 0. The molecule has 0 aromatic rings. The van der Waals surface area contributed by atoms with E-state index < -0.39 is 0 Å². The molecule has 3 unspecified atom stereocenters. The predicted octanol–water partition coefficient (Wildman–Crippen LogP) is 5.42. The van der Waals surface area contributed by atoms with Gasteiger partial charge in [0.15, 0.2) is 0 Å². The lowest BCUT2D eigenvalue weighted by Crippen LogP contribution is -2.41. The SMILES string of the molecule is CCC1(CC(C)C)CC2CCCC(C)(C2)C1. The summed E-state index contributed by atoms with van der Waals surface area (Å²) in [7, 11) is 0. The van der Waals surface area contributed by atoms with Gasteiger partial charge in [-0.15, -0.1) is 0 Å². The van der Waals surface area contributed by atoms with Crippen LogP contribution in [0.15, 0.2) is 0 Å². The Bertz CT molecular complexity index is 242. The van der Waals surface area contributed by atoms with Crippen LogP contribution in [0, 0.1) is 22.7 Å². The van der Waals surface area contributed by atoms with E-state index in [-0.39, 0.29) is 0 Å². The van der Waals surface area contributed by atoms with Crippen LogP contribution in [0.1, 0.15) is 79.1 Å². The molecule has 0 radical (unpaired) electrons. The van der Waals surface area contributed by atoms with Gasteiger partial charge < -0.3 is 0 Å². The average Bonchev–Trinajstić information content (AvgIpc) is 2.14. The van der Waals surface area contributed by atoms with Crippen molar-refractivity contribution in [3.63, 3.8) is 0 Å². The number of hydrogen-bond acceptors (Lipinski definition) is 0. The van der Waals surface area contributed by atoms with Crippen LogP contribution >= 0.6 is 0 Å². The Balaban J connectivity index is 2.14. The van der Waals surface area contributed by atoms with E-state index >= 15 is 0 Å². The maximum atomic E-state index is 2.57. The number of fused-ring (bicyclic) bond motifs is 2.